The number of ether oxygens (including phenoxy) is 1. The number of carbonyl (C=O) groups is 1. The van der Waals surface area contributed by atoms with E-state index in [-0.39, 0.29) is 11.4 Å². The molecular weight excluding hydrogens is 250 g/mol. The van der Waals surface area contributed by atoms with Crippen molar-refractivity contribution >= 4 is 17.5 Å². The molecule has 0 atom stereocenters. The predicted octanol–water partition coefficient (Wildman–Crippen LogP) is 2.72. The molecule has 3 nitrogen and oxygen atoms in total. The summed E-state index contributed by atoms with van der Waals surface area (Å²) >= 11 is 5.72. The van der Waals surface area contributed by atoms with Crippen LogP contribution in [0.4, 0.5) is 0 Å². The first-order chi connectivity index (χ1) is 8.63. The largest absolute Gasteiger partial charge is 0.381 e. The molecule has 1 amide bonds. The standard InChI is InChI=1S/C14H18ClNO2/c1-14(6-8-18-9-7-14)16-13(17)12-4-2-11(10-15)3-5-12/h2-5H,6-10H2,1H3,(H,16,17). The molecule has 0 aromatic heterocycles. The number of carbonyl (C=O) groups excluding carboxylic acids is 1. The van der Waals surface area contributed by atoms with Gasteiger partial charge < -0.3 is 10.1 Å². The molecule has 1 aromatic rings. The fourth-order valence-electron chi connectivity index (χ4n) is 2.04. The van der Waals surface area contributed by atoms with Crippen LogP contribution in [0.2, 0.25) is 0 Å². The molecule has 0 bridgehead atoms. The van der Waals surface area contributed by atoms with Gasteiger partial charge in [-0.1, -0.05) is 12.1 Å². The van der Waals surface area contributed by atoms with Crippen LogP contribution < -0.4 is 5.32 Å². The molecule has 1 aliphatic rings. The summed E-state index contributed by atoms with van der Waals surface area (Å²) in [6.45, 7) is 3.49. The van der Waals surface area contributed by atoms with Crippen molar-refractivity contribution in [3.8, 4) is 0 Å². The highest BCUT2D eigenvalue weighted by atomic mass is 35.5. The van der Waals surface area contributed by atoms with Gasteiger partial charge in [0.1, 0.15) is 0 Å². The molecule has 18 heavy (non-hydrogen) atoms. The van der Waals surface area contributed by atoms with Gasteiger partial charge in [-0.3, -0.25) is 4.79 Å². The van der Waals surface area contributed by atoms with E-state index in [1.165, 1.54) is 0 Å². The Morgan fingerprint density at radius 2 is 1.94 bits per heavy atom. The lowest BCUT2D eigenvalue weighted by molar-refractivity contribution is 0.0423. The summed E-state index contributed by atoms with van der Waals surface area (Å²) < 4.78 is 5.32. The van der Waals surface area contributed by atoms with Crippen LogP contribution in [0.25, 0.3) is 0 Å². The zero-order valence-corrected chi connectivity index (χ0v) is 11.3. The quantitative estimate of drug-likeness (QED) is 0.855. The highest BCUT2D eigenvalue weighted by molar-refractivity contribution is 6.17. The number of amides is 1. The molecule has 1 saturated heterocycles. The van der Waals surface area contributed by atoms with Crippen molar-refractivity contribution in [3.05, 3.63) is 35.4 Å². The normalized spacial score (nSPS) is 18.3. The maximum Gasteiger partial charge on any atom is 0.251 e. The molecule has 1 fully saturated rings. The van der Waals surface area contributed by atoms with Crippen LogP contribution in [-0.4, -0.2) is 24.7 Å². The van der Waals surface area contributed by atoms with E-state index in [0.29, 0.717) is 24.7 Å². The lowest BCUT2D eigenvalue weighted by atomic mass is 9.92. The van der Waals surface area contributed by atoms with Gasteiger partial charge >= 0.3 is 0 Å². The number of nitrogens with one attached hydrogen (secondary N) is 1. The van der Waals surface area contributed by atoms with E-state index in [2.05, 4.69) is 12.2 Å². The van der Waals surface area contributed by atoms with Crippen molar-refractivity contribution in [1.82, 2.24) is 5.32 Å². The number of halogens is 1. The molecule has 1 aliphatic heterocycles. The maximum absolute atomic E-state index is 12.1. The van der Waals surface area contributed by atoms with E-state index in [0.717, 1.165) is 18.4 Å². The van der Waals surface area contributed by atoms with Crippen molar-refractivity contribution in [1.29, 1.82) is 0 Å². The number of hydrogen-bond donors (Lipinski definition) is 1. The van der Waals surface area contributed by atoms with Crippen molar-refractivity contribution in [2.45, 2.75) is 31.2 Å². The molecule has 0 aliphatic carbocycles. The van der Waals surface area contributed by atoms with Gasteiger partial charge in [-0.25, -0.2) is 0 Å². The Morgan fingerprint density at radius 1 is 1.33 bits per heavy atom. The third kappa shape index (κ3) is 3.24. The Morgan fingerprint density at radius 3 is 2.50 bits per heavy atom. The van der Waals surface area contributed by atoms with Gasteiger partial charge in [-0.15, -0.1) is 11.6 Å². The molecule has 1 N–H and O–H groups in total. The van der Waals surface area contributed by atoms with Crippen LogP contribution in [0, 0.1) is 0 Å². The van der Waals surface area contributed by atoms with Crippen LogP contribution in [0.1, 0.15) is 35.7 Å². The van der Waals surface area contributed by atoms with Gasteiger partial charge in [-0.05, 0) is 37.5 Å². The summed E-state index contributed by atoms with van der Waals surface area (Å²) in [6.07, 6.45) is 1.72. The third-order valence-electron chi connectivity index (χ3n) is 3.38. The summed E-state index contributed by atoms with van der Waals surface area (Å²) in [7, 11) is 0. The zero-order valence-electron chi connectivity index (χ0n) is 10.5. The molecule has 1 heterocycles. The smallest absolute Gasteiger partial charge is 0.251 e. The van der Waals surface area contributed by atoms with Gasteiger partial charge in [0.15, 0.2) is 0 Å². The van der Waals surface area contributed by atoms with Crippen molar-refractivity contribution in [2.24, 2.45) is 0 Å². The Kier molecular flexibility index (Phi) is 4.25. The average Bonchev–Trinajstić information content (AvgIpc) is 2.39. The first-order valence-corrected chi connectivity index (χ1v) is 6.72. The second-order valence-electron chi connectivity index (χ2n) is 4.96. The number of benzene rings is 1. The summed E-state index contributed by atoms with van der Waals surface area (Å²) in [5, 5.41) is 3.10. The fraction of sp³-hybridized carbons (Fsp3) is 0.500. The molecule has 4 heteroatoms. The molecule has 98 valence electrons. The lowest BCUT2D eigenvalue weighted by Crippen LogP contribution is -2.49. The molecule has 1 aromatic carbocycles. The summed E-state index contributed by atoms with van der Waals surface area (Å²) in [5.41, 5.74) is 1.54. The van der Waals surface area contributed by atoms with E-state index in [1.54, 1.807) is 0 Å². The van der Waals surface area contributed by atoms with Gasteiger partial charge in [-0.2, -0.15) is 0 Å². The summed E-state index contributed by atoms with van der Waals surface area (Å²) in [4.78, 5) is 12.1. The van der Waals surface area contributed by atoms with Crippen molar-refractivity contribution in [2.75, 3.05) is 13.2 Å². The second-order valence-corrected chi connectivity index (χ2v) is 5.22. The number of alkyl halides is 1. The molecule has 0 spiro atoms. The van der Waals surface area contributed by atoms with Gasteiger partial charge in [0, 0.05) is 30.2 Å². The van der Waals surface area contributed by atoms with Crippen LogP contribution in [-0.2, 0) is 10.6 Å². The SMILES string of the molecule is CC1(NC(=O)c2ccc(CCl)cc2)CCOCC1. The van der Waals surface area contributed by atoms with Gasteiger partial charge in [0.05, 0.1) is 0 Å². The van der Waals surface area contributed by atoms with E-state index in [4.69, 9.17) is 16.3 Å². The fourth-order valence-corrected chi connectivity index (χ4v) is 2.22. The summed E-state index contributed by atoms with van der Waals surface area (Å²) in [6, 6.07) is 7.40. The molecule has 0 unspecified atom stereocenters. The molecule has 2 rings (SSSR count). The highest BCUT2D eigenvalue weighted by Crippen LogP contribution is 2.20. The maximum atomic E-state index is 12.1. The third-order valence-corrected chi connectivity index (χ3v) is 3.69. The van der Waals surface area contributed by atoms with E-state index < -0.39 is 0 Å². The van der Waals surface area contributed by atoms with Gasteiger partial charge in [0.2, 0.25) is 0 Å². The zero-order chi connectivity index (χ0) is 13.0. The van der Waals surface area contributed by atoms with E-state index >= 15 is 0 Å². The van der Waals surface area contributed by atoms with Crippen LogP contribution >= 0.6 is 11.6 Å². The highest BCUT2D eigenvalue weighted by Gasteiger charge is 2.29. The monoisotopic (exact) mass is 267 g/mol. The minimum atomic E-state index is -0.152. The van der Waals surface area contributed by atoms with Crippen LogP contribution in [0.5, 0.6) is 0 Å². The second kappa shape index (κ2) is 5.72. The van der Waals surface area contributed by atoms with Crippen molar-refractivity contribution < 1.29 is 9.53 Å². The Balaban J connectivity index is 2.02. The lowest BCUT2D eigenvalue weighted by Gasteiger charge is -2.34. The Bertz CT molecular complexity index is 410. The topological polar surface area (TPSA) is 38.3 Å². The summed E-state index contributed by atoms with van der Waals surface area (Å²) in [5.74, 6) is 0.442. The van der Waals surface area contributed by atoms with E-state index in [9.17, 15) is 4.79 Å². The number of hydrogen-bond acceptors (Lipinski definition) is 2. The minimum absolute atomic E-state index is 0.0273. The average molecular weight is 268 g/mol. The molecule has 0 saturated carbocycles. The minimum Gasteiger partial charge on any atom is -0.381 e. The first-order valence-electron chi connectivity index (χ1n) is 6.18. The molecular formula is C14H18ClNO2. The Labute approximate surface area is 112 Å². The van der Waals surface area contributed by atoms with E-state index in [1.807, 2.05) is 24.3 Å². The predicted molar refractivity (Wildman–Crippen MR) is 71.9 cm³/mol. The number of rotatable bonds is 3. The van der Waals surface area contributed by atoms with Crippen LogP contribution in [0.3, 0.4) is 0 Å². The van der Waals surface area contributed by atoms with Crippen LogP contribution in [0.15, 0.2) is 24.3 Å². The van der Waals surface area contributed by atoms with Gasteiger partial charge in [0.25, 0.3) is 5.91 Å². The van der Waals surface area contributed by atoms with Crippen molar-refractivity contribution in [3.63, 3.8) is 0 Å². The molecule has 0 radical (unpaired) electrons. The Hall–Kier alpha value is -1.06. The first kappa shape index (κ1) is 13.4.